The van der Waals surface area contributed by atoms with Crippen molar-refractivity contribution in [3.05, 3.63) is 66.0 Å². The Bertz CT molecular complexity index is 828. The molecule has 0 fully saturated rings. The zero-order valence-electron chi connectivity index (χ0n) is 9.99. The maximum Gasteiger partial charge on any atom is 0.194 e. The molecular weight excluding hydrogens is 470 g/mol. The highest BCUT2D eigenvalue weighted by Gasteiger charge is 2.16. The van der Waals surface area contributed by atoms with Crippen LogP contribution in [0.2, 0.25) is 5.02 Å². The number of ketones is 1. The Balaban J connectivity index is 2.13. The molecule has 3 aromatic rings. The van der Waals surface area contributed by atoms with Crippen LogP contribution in [0.4, 0.5) is 0 Å². The number of rotatable bonds is 2. The lowest BCUT2D eigenvalue weighted by atomic mass is 10.0. The molecule has 0 saturated heterocycles. The topological polar surface area (TPSA) is 17.1 Å². The van der Waals surface area contributed by atoms with Crippen molar-refractivity contribution in [3.63, 3.8) is 0 Å². The third-order valence-corrected chi connectivity index (χ3v) is 6.50. The summed E-state index contributed by atoms with van der Waals surface area (Å²) in [6.45, 7) is 0. The normalized spacial score (nSPS) is 10.9. The zero-order chi connectivity index (χ0) is 14.3. The van der Waals surface area contributed by atoms with Crippen LogP contribution in [0.3, 0.4) is 0 Å². The molecule has 20 heavy (non-hydrogen) atoms. The van der Waals surface area contributed by atoms with Crippen LogP contribution < -0.4 is 0 Å². The van der Waals surface area contributed by atoms with E-state index < -0.39 is 0 Å². The van der Waals surface area contributed by atoms with Gasteiger partial charge in [0.1, 0.15) is 0 Å². The van der Waals surface area contributed by atoms with Gasteiger partial charge in [-0.25, -0.2) is 0 Å². The van der Waals surface area contributed by atoms with E-state index in [2.05, 4.69) is 38.5 Å². The Kier molecular flexibility index (Phi) is 4.17. The second kappa shape index (κ2) is 5.75. The van der Waals surface area contributed by atoms with Crippen molar-refractivity contribution >= 4 is 77.3 Å². The minimum atomic E-state index is 0.00708. The minimum absolute atomic E-state index is 0.00708. The predicted molar refractivity (Wildman–Crippen MR) is 97.1 cm³/mol. The number of carbonyl (C=O) groups excluding carboxylic acids is 1. The lowest BCUT2D eigenvalue weighted by Gasteiger charge is -2.02. The summed E-state index contributed by atoms with van der Waals surface area (Å²) in [5.74, 6) is 0.00708. The molecule has 1 heterocycles. The average Bonchev–Trinajstić information content (AvgIpc) is 2.86. The summed E-state index contributed by atoms with van der Waals surface area (Å²) < 4.78 is 3.05. The molecule has 5 heteroatoms. The fraction of sp³-hybridized carbons (Fsp3) is 0. The minimum Gasteiger partial charge on any atom is -0.289 e. The summed E-state index contributed by atoms with van der Waals surface area (Å²) >= 11 is 13.3. The van der Waals surface area contributed by atoms with E-state index in [4.69, 9.17) is 11.6 Å². The predicted octanol–water partition coefficient (Wildman–Crippen LogP) is 6.15. The highest BCUT2D eigenvalue weighted by Crippen LogP contribution is 2.33. The van der Waals surface area contributed by atoms with Crippen molar-refractivity contribution in [1.82, 2.24) is 0 Å². The second-order valence-corrected chi connectivity index (χ2v) is 7.53. The molecule has 0 saturated carbocycles. The molecular formula is C15H7BrClIOS. The molecule has 100 valence electrons. The van der Waals surface area contributed by atoms with Crippen LogP contribution in [0.15, 0.2) is 46.3 Å². The molecule has 2 aromatic carbocycles. The van der Waals surface area contributed by atoms with E-state index in [9.17, 15) is 4.79 Å². The Morgan fingerprint density at radius 2 is 2.05 bits per heavy atom. The van der Waals surface area contributed by atoms with Gasteiger partial charge >= 0.3 is 0 Å². The Morgan fingerprint density at radius 1 is 1.25 bits per heavy atom. The maximum absolute atomic E-state index is 12.6. The highest BCUT2D eigenvalue weighted by atomic mass is 127. The van der Waals surface area contributed by atoms with E-state index in [0.29, 0.717) is 10.6 Å². The van der Waals surface area contributed by atoms with Crippen LogP contribution in [0.5, 0.6) is 0 Å². The zero-order valence-corrected chi connectivity index (χ0v) is 15.3. The van der Waals surface area contributed by atoms with Crippen molar-refractivity contribution < 1.29 is 4.79 Å². The van der Waals surface area contributed by atoms with E-state index in [-0.39, 0.29) is 5.78 Å². The molecule has 0 bridgehead atoms. The third-order valence-electron chi connectivity index (χ3n) is 2.98. The van der Waals surface area contributed by atoms with Crippen LogP contribution in [-0.4, -0.2) is 5.78 Å². The van der Waals surface area contributed by atoms with E-state index in [1.54, 1.807) is 17.4 Å². The Morgan fingerprint density at radius 3 is 2.80 bits per heavy atom. The van der Waals surface area contributed by atoms with Crippen molar-refractivity contribution in [2.75, 3.05) is 0 Å². The largest absolute Gasteiger partial charge is 0.289 e. The van der Waals surface area contributed by atoms with Gasteiger partial charge in [-0.05, 0) is 62.8 Å². The van der Waals surface area contributed by atoms with Crippen LogP contribution in [0, 0.1) is 3.57 Å². The summed E-state index contributed by atoms with van der Waals surface area (Å²) in [6.07, 6.45) is 0. The van der Waals surface area contributed by atoms with Gasteiger partial charge in [0.05, 0.1) is 5.02 Å². The van der Waals surface area contributed by atoms with Gasteiger partial charge in [0.25, 0.3) is 0 Å². The average molecular weight is 478 g/mol. The quantitative estimate of drug-likeness (QED) is 0.320. The number of fused-ring (bicyclic) bond motifs is 1. The lowest BCUT2D eigenvalue weighted by Crippen LogP contribution is -2.00. The van der Waals surface area contributed by atoms with Gasteiger partial charge in [-0.15, -0.1) is 11.3 Å². The van der Waals surface area contributed by atoms with Crippen molar-refractivity contribution in [1.29, 1.82) is 0 Å². The SMILES string of the molecule is O=C(c1ccc(I)c(Cl)c1)c1csc2c(Br)cccc12. The summed E-state index contributed by atoms with van der Waals surface area (Å²) in [5.41, 5.74) is 1.35. The third kappa shape index (κ3) is 2.54. The number of hydrogen-bond acceptors (Lipinski definition) is 2. The number of carbonyl (C=O) groups is 1. The monoisotopic (exact) mass is 476 g/mol. The molecule has 0 aliphatic carbocycles. The second-order valence-electron chi connectivity index (χ2n) is 4.22. The number of benzene rings is 2. The standard InChI is InChI=1S/C15H7BrClIOS/c16-11-3-1-2-9-10(7-20-15(9)11)14(19)8-4-5-13(18)12(17)6-8/h1-7H. The number of hydrogen-bond donors (Lipinski definition) is 0. The molecule has 0 aliphatic rings. The molecule has 1 nitrogen and oxygen atoms in total. The molecule has 0 N–H and O–H groups in total. The molecule has 0 unspecified atom stereocenters. The lowest BCUT2D eigenvalue weighted by molar-refractivity contribution is 0.104. The number of thiophene rings is 1. The molecule has 0 radical (unpaired) electrons. The van der Waals surface area contributed by atoms with Crippen LogP contribution in [-0.2, 0) is 0 Å². The molecule has 0 atom stereocenters. The summed E-state index contributed by atoms with van der Waals surface area (Å²) in [5, 5.41) is 3.49. The summed E-state index contributed by atoms with van der Waals surface area (Å²) in [7, 11) is 0. The van der Waals surface area contributed by atoms with Crippen LogP contribution in [0.1, 0.15) is 15.9 Å². The fourth-order valence-electron chi connectivity index (χ4n) is 1.99. The Labute approximate surface area is 147 Å². The summed E-state index contributed by atoms with van der Waals surface area (Å²) in [6, 6.07) is 11.3. The maximum atomic E-state index is 12.6. The molecule has 0 amide bonds. The molecule has 0 spiro atoms. The smallest absolute Gasteiger partial charge is 0.194 e. The first-order valence-electron chi connectivity index (χ1n) is 5.73. The van der Waals surface area contributed by atoms with Gasteiger partial charge in [-0.3, -0.25) is 4.79 Å². The van der Waals surface area contributed by atoms with Gasteiger partial charge in [0.15, 0.2) is 5.78 Å². The van der Waals surface area contributed by atoms with E-state index in [1.807, 2.05) is 35.7 Å². The van der Waals surface area contributed by atoms with Gasteiger partial charge in [-0.1, -0.05) is 23.7 Å². The highest BCUT2D eigenvalue weighted by molar-refractivity contribution is 14.1. The molecule has 3 rings (SSSR count). The fourth-order valence-corrected chi connectivity index (χ4v) is 4.11. The van der Waals surface area contributed by atoms with Gasteiger partial charge in [0, 0.05) is 34.6 Å². The van der Waals surface area contributed by atoms with Crippen LogP contribution in [0.25, 0.3) is 10.1 Å². The first-order valence-corrected chi connectivity index (χ1v) is 8.86. The van der Waals surface area contributed by atoms with Crippen molar-refractivity contribution in [3.8, 4) is 0 Å². The first kappa shape index (κ1) is 14.5. The van der Waals surface area contributed by atoms with Gasteiger partial charge in [0.2, 0.25) is 0 Å². The van der Waals surface area contributed by atoms with E-state index >= 15 is 0 Å². The van der Waals surface area contributed by atoms with Gasteiger partial charge < -0.3 is 0 Å². The van der Waals surface area contributed by atoms with Gasteiger partial charge in [-0.2, -0.15) is 0 Å². The van der Waals surface area contributed by atoms with E-state index in [1.165, 1.54) is 0 Å². The Hall–Kier alpha value is -0.430. The van der Waals surface area contributed by atoms with Crippen LogP contribution >= 0.6 is 61.5 Å². The first-order chi connectivity index (χ1) is 9.58. The van der Waals surface area contributed by atoms with Crippen molar-refractivity contribution in [2.24, 2.45) is 0 Å². The molecule has 0 aliphatic heterocycles. The van der Waals surface area contributed by atoms with E-state index in [0.717, 1.165) is 23.7 Å². The van der Waals surface area contributed by atoms with Crippen molar-refractivity contribution in [2.45, 2.75) is 0 Å². The molecule has 1 aromatic heterocycles. The number of halogens is 3. The summed E-state index contributed by atoms with van der Waals surface area (Å²) in [4.78, 5) is 12.6.